The van der Waals surface area contributed by atoms with Crippen LogP contribution in [0.1, 0.15) is 72.6 Å². The number of aromatic nitrogens is 1. The third-order valence-corrected chi connectivity index (χ3v) is 5.06. The highest BCUT2D eigenvalue weighted by Gasteiger charge is 2.28. The highest BCUT2D eigenvalue weighted by atomic mass is 16.1. The molecule has 1 aromatic carbocycles. The van der Waals surface area contributed by atoms with Gasteiger partial charge >= 0.3 is 0 Å². The standard InChI is InChI=1S/C21H26N2O/c1-15-9-8-12-17(16-10-4-5-11-16)19(15)20(24)23-21(2,3)18-13-6-7-14-22-18/h6-9,12-14,16H,4-5,10-11H2,1-3H3,(H,23,24). The summed E-state index contributed by atoms with van der Waals surface area (Å²) in [6, 6.07) is 12.0. The van der Waals surface area contributed by atoms with Gasteiger partial charge in [-0.2, -0.15) is 0 Å². The van der Waals surface area contributed by atoms with Gasteiger partial charge in [-0.15, -0.1) is 0 Å². The molecule has 3 heteroatoms. The molecule has 0 spiro atoms. The number of benzene rings is 1. The number of carbonyl (C=O) groups excluding carboxylic acids is 1. The average Bonchev–Trinajstić information content (AvgIpc) is 3.09. The molecule has 3 rings (SSSR count). The van der Waals surface area contributed by atoms with Gasteiger partial charge in [0.1, 0.15) is 0 Å². The molecule has 3 nitrogen and oxygen atoms in total. The number of pyridine rings is 1. The summed E-state index contributed by atoms with van der Waals surface area (Å²) in [6.45, 7) is 6.03. The minimum Gasteiger partial charge on any atom is -0.342 e. The Kier molecular flexibility index (Phi) is 4.70. The van der Waals surface area contributed by atoms with Crippen LogP contribution in [0.3, 0.4) is 0 Å². The maximum Gasteiger partial charge on any atom is 0.252 e. The molecule has 0 aliphatic heterocycles. The van der Waals surface area contributed by atoms with Crippen molar-refractivity contribution in [1.29, 1.82) is 0 Å². The van der Waals surface area contributed by atoms with E-state index in [1.165, 1.54) is 31.2 Å². The van der Waals surface area contributed by atoms with Gasteiger partial charge in [0.05, 0.1) is 11.2 Å². The van der Waals surface area contributed by atoms with E-state index >= 15 is 0 Å². The highest BCUT2D eigenvalue weighted by Crippen LogP contribution is 2.36. The predicted octanol–water partition coefficient (Wildman–Crippen LogP) is 4.71. The zero-order valence-electron chi connectivity index (χ0n) is 14.8. The van der Waals surface area contributed by atoms with E-state index in [2.05, 4.69) is 22.4 Å². The topological polar surface area (TPSA) is 42.0 Å². The summed E-state index contributed by atoms with van der Waals surface area (Å²) < 4.78 is 0. The highest BCUT2D eigenvalue weighted by molar-refractivity contribution is 5.97. The molecule has 126 valence electrons. The fourth-order valence-electron chi connectivity index (χ4n) is 3.72. The van der Waals surface area contributed by atoms with E-state index in [0.717, 1.165) is 16.8 Å². The molecular formula is C21H26N2O. The summed E-state index contributed by atoms with van der Waals surface area (Å²) in [4.78, 5) is 17.5. The Morgan fingerprint density at radius 2 is 1.88 bits per heavy atom. The van der Waals surface area contributed by atoms with Gasteiger partial charge in [0.2, 0.25) is 0 Å². The van der Waals surface area contributed by atoms with Crippen molar-refractivity contribution in [2.45, 2.75) is 57.9 Å². The number of hydrogen-bond donors (Lipinski definition) is 1. The Bertz CT molecular complexity index is 716. The molecule has 0 atom stereocenters. The van der Waals surface area contributed by atoms with Crippen molar-refractivity contribution in [3.8, 4) is 0 Å². The van der Waals surface area contributed by atoms with Crippen molar-refractivity contribution >= 4 is 5.91 Å². The third kappa shape index (κ3) is 3.35. The lowest BCUT2D eigenvalue weighted by molar-refractivity contribution is 0.0908. The van der Waals surface area contributed by atoms with E-state index in [0.29, 0.717) is 5.92 Å². The maximum absolute atomic E-state index is 13.1. The Morgan fingerprint density at radius 3 is 2.54 bits per heavy atom. The van der Waals surface area contributed by atoms with Crippen molar-refractivity contribution in [2.75, 3.05) is 0 Å². The Balaban J connectivity index is 1.90. The van der Waals surface area contributed by atoms with E-state index in [1.54, 1.807) is 6.20 Å². The summed E-state index contributed by atoms with van der Waals surface area (Å²) in [5.74, 6) is 0.522. The normalized spacial score (nSPS) is 15.5. The zero-order chi connectivity index (χ0) is 17.2. The second kappa shape index (κ2) is 6.76. The fraction of sp³-hybridized carbons (Fsp3) is 0.429. The summed E-state index contributed by atoms with van der Waals surface area (Å²) in [5, 5.41) is 3.19. The van der Waals surface area contributed by atoms with Gasteiger partial charge in [0.15, 0.2) is 0 Å². The van der Waals surface area contributed by atoms with Crippen molar-refractivity contribution in [2.24, 2.45) is 0 Å². The van der Waals surface area contributed by atoms with E-state index < -0.39 is 5.54 Å². The van der Waals surface area contributed by atoms with Crippen LogP contribution in [0.5, 0.6) is 0 Å². The van der Waals surface area contributed by atoms with Crippen molar-refractivity contribution < 1.29 is 4.79 Å². The van der Waals surface area contributed by atoms with Crippen LogP contribution in [0.15, 0.2) is 42.6 Å². The average molecular weight is 322 g/mol. The molecule has 1 amide bonds. The zero-order valence-corrected chi connectivity index (χ0v) is 14.8. The van der Waals surface area contributed by atoms with Gasteiger partial charge in [-0.25, -0.2) is 0 Å². The first-order valence-electron chi connectivity index (χ1n) is 8.82. The van der Waals surface area contributed by atoms with Crippen LogP contribution in [-0.2, 0) is 5.54 Å². The van der Waals surface area contributed by atoms with Crippen LogP contribution in [0.25, 0.3) is 0 Å². The van der Waals surface area contributed by atoms with Gasteiger partial charge in [-0.05, 0) is 62.8 Å². The molecule has 24 heavy (non-hydrogen) atoms. The van der Waals surface area contributed by atoms with E-state index in [4.69, 9.17) is 0 Å². The number of rotatable bonds is 4. The van der Waals surface area contributed by atoms with Crippen molar-refractivity contribution in [3.63, 3.8) is 0 Å². The first kappa shape index (κ1) is 16.7. The number of amides is 1. The molecular weight excluding hydrogens is 296 g/mol. The fourth-order valence-corrected chi connectivity index (χ4v) is 3.72. The summed E-state index contributed by atoms with van der Waals surface area (Å²) >= 11 is 0. The summed E-state index contributed by atoms with van der Waals surface area (Å²) in [6.07, 6.45) is 6.67. The molecule has 1 aromatic heterocycles. The molecule has 0 saturated heterocycles. The molecule has 1 fully saturated rings. The van der Waals surface area contributed by atoms with Crippen molar-refractivity contribution in [1.82, 2.24) is 10.3 Å². The molecule has 0 bridgehead atoms. The molecule has 1 N–H and O–H groups in total. The predicted molar refractivity (Wildman–Crippen MR) is 97.1 cm³/mol. The van der Waals surface area contributed by atoms with Crippen LogP contribution in [0, 0.1) is 6.92 Å². The van der Waals surface area contributed by atoms with Crippen LogP contribution in [0.4, 0.5) is 0 Å². The van der Waals surface area contributed by atoms with Gasteiger partial charge in [0.25, 0.3) is 5.91 Å². The first-order chi connectivity index (χ1) is 11.5. The number of carbonyl (C=O) groups is 1. The second-order valence-corrected chi connectivity index (χ2v) is 7.31. The van der Waals surface area contributed by atoms with Crippen molar-refractivity contribution in [3.05, 3.63) is 65.0 Å². The third-order valence-electron chi connectivity index (χ3n) is 5.06. The van der Waals surface area contributed by atoms with Crippen LogP contribution in [-0.4, -0.2) is 10.9 Å². The molecule has 1 saturated carbocycles. The quantitative estimate of drug-likeness (QED) is 0.885. The van der Waals surface area contributed by atoms with E-state index in [9.17, 15) is 4.79 Å². The second-order valence-electron chi connectivity index (χ2n) is 7.31. The lowest BCUT2D eigenvalue weighted by Crippen LogP contribution is -2.42. The molecule has 1 aliphatic carbocycles. The van der Waals surface area contributed by atoms with Gasteiger partial charge in [-0.1, -0.05) is 37.1 Å². The Morgan fingerprint density at radius 1 is 1.12 bits per heavy atom. The monoisotopic (exact) mass is 322 g/mol. The molecule has 1 heterocycles. The van der Waals surface area contributed by atoms with E-state index in [1.807, 2.05) is 45.0 Å². The summed E-state index contributed by atoms with van der Waals surface area (Å²) in [5.41, 5.74) is 3.48. The van der Waals surface area contributed by atoms with Crippen LogP contribution >= 0.6 is 0 Å². The lowest BCUT2D eigenvalue weighted by atomic mass is 9.89. The molecule has 0 radical (unpaired) electrons. The van der Waals surface area contributed by atoms with Gasteiger partial charge < -0.3 is 5.32 Å². The number of aryl methyl sites for hydroxylation is 1. The molecule has 2 aromatic rings. The minimum absolute atomic E-state index is 0.00523. The number of nitrogens with one attached hydrogen (secondary N) is 1. The van der Waals surface area contributed by atoms with Gasteiger partial charge in [-0.3, -0.25) is 9.78 Å². The SMILES string of the molecule is Cc1cccc(C2CCCC2)c1C(=O)NC(C)(C)c1ccccn1. The minimum atomic E-state index is -0.506. The number of nitrogens with zero attached hydrogens (tertiary/aromatic N) is 1. The molecule has 0 unspecified atom stereocenters. The Labute approximate surface area is 144 Å². The smallest absolute Gasteiger partial charge is 0.252 e. The maximum atomic E-state index is 13.1. The largest absolute Gasteiger partial charge is 0.342 e. The van der Waals surface area contributed by atoms with E-state index in [-0.39, 0.29) is 5.91 Å². The van der Waals surface area contributed by atoms with Gasteiger partial charge in [0, 0.05) is 11.8 Å². The first-order valence-corrected chi connectivity index (χ1v) is 8.82. The lowest BCUT2D eigenvalue weighted by Gasteiger charge is -2.27. The summed E-state index contributed by atoms with van der Waals surface area (Å²) in [7, 11) is 0. The Hall–Kier alpha value is -2.16. The van der Waals surface area contributed by atoms with Crippen LogP contribution < -0.4 is 5.32 Å². The van der Waals surface area contributed by atoms with Crippen LogP contribution in [0.2, 0.25) is 0 Å². The molecule has 1 aliphatic rings. The number of hydrogen-bond acceptors (Lipinski definition) is 2.